The van der Waals surface area contributed by atoms with Crippen LogP contribution < -0.4 is 4.90 Å². The van der Waals surface area contributed by atoms with Crippen LogP contribution >= 0.6 is 11.6 Å². The third-order valence-corrected chi connectivity index (χ3v) is 5.28. The number of nitrogens with zero attached hydrogens (tertiary/aromatic N) is 2. The number of benzene rings is 2. The number of halogens is 1. The highest BCUT2D eigenvalue weighted by molar-refractivity contribution is 6.33. The van der Waals surface area contributed by atoms with E-state index < -0.39 is 0 Å². The molecule has 1 heterocycles. The Hall–Kier alpha value is -2.59. The number of anilines is 1. The van der Waals surface area contributed by atoms with Gasteiger partial charge in [-0.3, -0.25) is 4.99 Å². The maximum Gasteiger partial charge on any atom is 0.337 e. The van der Waals surface area contributed by atoms with Gasteiger partial charge in [0, 0.05) is 30.1 Å². The van der Waals surface area contributed by atoms with E-state index >= 15 is 0 Å². The largest absolute Gasteiger partial charge is 0.465 e. The third-order valence-electron chi connectivity index (χ3n) is 4.96. The Morgan fingerprint density at radius 2 is 2.00 bits per heavy atom. The lowest BCUT2D eigenvalue weighted by Gasteiger charge is -2.40. The molecule has 27 heavy (non-hydrogen) atoms. The topological polar surface area (TPSA) is 41.9 Å². The number of hydrogen-bond donors (Lipinski definition) is 0. The molecule has 4 nitrogen and oxygen atoms in total. The molecule has 0 aromatic heterocycles. The highest BCUT2D eigenvalue weighted by Gasteiger charge is 2.29. The molecule has 0 saturated heterocycles. The Labute approximate surface area is 165 Å². The summed E-state index contributed by atoms with van der Waals surface area (Å²) < 4.78 is 4.75. The van der Waals surface area contributed by atoms with Crippen LogP contribution in [0.1, 0.15) is 42.3 Å². The number of rotatable bonds is 3. The fraction of sp³-hybridized carbons (Fsp3) is 0.273. The van der Waals surface area contributed by atoms with Crippen molar-refractivity contribution in [3.63, 3.8) is 0 Å². The van der Waals surface area contributed by atoms with Crippen molar-refractivity contribution in [3.8, 4) is 0 Å². The van der Waals surface area contributed by atoms with E-state index in [2.05, 4.69) is 49.9 Å². The SMILES string of the molecule is COC(=O)c1cccc(N=Cc2cc3c(cc2Cl)N(C)C(C)(C)C=C3C)c1. The molecule has 0 amide bonds. The summed E-state index contributed by atoms with van der Waals surface area (Å²) in [6.07, 6.45) is 3.98. The van der Waals surface area contributed by atoms with Crippen LogP contribution in [0.25, 0.3) is 5.57 Å². The molecule has 0 spiro atoms. The molecule has 0 aliphatic carbocycles. The molecule has 0 radical (unpaired) electrons. The number of likely N-dealkylation sites (N-methyl/N-ethyl adjacent to an activating group) is 1. The molecular formula is C22H23ClN2O2. The van der Waals surface area contributed by atoms with Crippen LogP contribution in [0.15, 0.2) is 47.5 Å². The van der Waals surface area contributed by atoms with Gasteiger partial charge in [-0.05, 0) is 56.7 Å². The summed E-state index contributed by atoms with van der Waals surface area (Å²) in [5.74, 6) is -0.384. The van der Waals surface area contributed by atoms with Gasteiger partial charge in [0.15, 0.2) is 0 Å². The van der Waals surface area contributed by atoms with Crippen molar-refractivity contribution in [2.24, 2.45) is 4.99 Å². The zero-order valence-corrected chi connectivity index (χ0v) is 17.0. The number of ether oxygens (including phenoxy) is 1. The van der Waals surface area contributed by atoms with Crippen molar-refractivity contribution in [1.82, 2.24) is 0 Å². The minimum atomic E-state index is -0.384. The van der Waals surface area contributed by atoms with Gasteiger partial charge in [-0.2, -0.15) is 0 Å². The molecule has 1 aliphatic rings. The van der Waals surface area contributed by atoms with Crippen molar-refractivity contribution in [2.75, 3.05) is 19.1 Å². The maximum atomic E-state index is 11.7. The molecule has 3 rings (SSSR count). The minimum Gasteiger partial charge on any atom is -0.465 e. The Morgan fingerprint density at radius 1 is 1.26 bits per heavy atom. The molecule has 0 unspecified atom stereocenters. The van der Waals surface area contributed by atoms with Gasteiger partial charge < -0.3 is 9.64 Å². The lowest BCUT2D eigenvalue weighted by Crippen LogP contribution is -2.42. The summed E-state index contributed by atoms with van der Waals surface area (Å²) in [6.45, 7) is 6.47. The average molecular weight is 383 g/mol. The second-order valence-electron chi connectivity index (χ2n) is 7.23. The Bertz CT molecular complexity index is 961. The van der Waals surface area contributed by atoms with E-state index in [0.717, 1.165) is 16.8 Å². The molecule has 5 heteroatoms. The predicted molar refractivity (Wildman–Crippen MR) is 113 cm³/mol. The van der Waals surface area contributed by atoms with Crippen LogP contribution in [-0.2, 0) is 4.74 Å². The highest BCUT2D eigenvalue weighted by Crippen LogP contribution is 2.40. The van der Waals surface area contributed by atoms with E-state index in [1.807, 2.05) is 12.1 Å². The quantitative estimate of drug-likeness (QED) is 0.519. The van der Waals surface area contributed by atoms with Gasteiger partial charge in [0.2, 0.25) is 0 Å². The summed E-state index contributed by atoms with van der Waals surface area (Å²) in [6, 6.07) is 11.0. The molecule has 0 bridgehead atoms. The predicted octanol–water partition coefficient (Wildman–Crippen LogP) is 5.51. The number of esters is 1. The molecular weight excluding hydrogens is 360 g/mol. The summed E-state index contributed by atoms with van der Waals surface area (Å²) in [4.78, 5) is 18.4. The number of carbonyl (C=O) groups excluding carboxylic acids is 1. The van der Waals surface area contributed by atoms with E-state index in [0.29, 0.717) is 16.3 Å². The van der Waals surface area contributed by atoms with Crippen molar-refractivity contribution in [1.29, 1.82) is 0 Å². The van der Waals surface area contributed by atoms with E-state index in [1.165, 1.54) is 12.7 Å². The lowest BCUT2D eigenvalue weighted by atomic mass is 9.88. The van der Waals surface area contributed by atoms with Crippen LogP contribution in [-0.4, -0.2) is 31.9 Å². The van der Waals surface area contributed by atoms with Crippen molar-refractivity contribution < 1.29 is 9.53 Å². The number of carbonyl (C=O) groups is 1. The zero-order chi connectivity index (χ0) is 19.8. The Morgan fingerprint density at radius 3 is 2.70 bits per heavy atom. The van der Waals surface area contributed by atoms with Gasteiger partial charge in [0.1, 0.15) is 0 Å². The second kappa shape index (κ2) is 7.20. The second-order valence-corrected chi connectivity index (χ2v) is 7.64. The molecule has 0 saturated carbocycles. The Balaban J connectivity index is 1.97. The lowest BCUT2D eigenvalue weighted by molar-refractivity contribution is 0.0601. The van der Waals surface area contributed by atoms with Crippen LogP contribution in [0.5, 0.6) is 0 Å². The first kappa shape index (κ1) is 19.2. The van der Waals surface area contributed by atoms with Gasteiger partial charge in [-0.15, -0.1) is 0 Å². The minimum absolute atomic E-state index is 0.0651. The first-order chi connectivity index (χ1) is 12.7. The molecule has 2 aromatic carbocycles. The zero-order valence-electron chi connectivity index (χ0n) is 16.2. The first-order valence-electron chi connectivity index (χ1n) is 8.72. The smallest absolute Gasteiger partial charge is 0.337 e. The third kappa shape index (κ3) is 3.76. The number of hydrogen-bond acceptors (Lipinski definition) is 4. The van der Waals surface area contributed by atoms with Crippen LogP contribution in [0.4, 0.5) is 11.4 Å². The van der Waals surface area contributed by atoms with Crippen molar-refractivity contribution in [2.45, 2.75) is 26.3 Å². The number of allylic oxidation sites excluding steroid dienone is 1. The Kier molecular flexibility index (Phi) is 5.11. The molecule has 1 aliphatic heterocycles. The first-order valence-corrected chi connectivity index (χ1v) is 9.10. The summed E-state index contributed by atoms with van der Waals surface area (Å²) >= 11 is 6.53. The van der Waals surface area contributed by atoms with Crippen molar-refractivity contribution in [3.05, 3.63) is 64.2 Å². The van der Waals surface area contributed by atoms with Crippen LogP contribution in [0.2, 0.25) is 5.02 Å². The van der Waals surface area contributed by atoms with Gasteiger partial charge >= 0.3 is 5.97 Å². The van der Waals surface area contributed by atoms with Crippen LogP contribution in [0, 0.1) is 0 Å². The molecule has 0 N–H and O–H groups in total. The fourth-order valence-electron chi connectivity index (χ4n) is 3.26. The highest BCUT2D eigenvalue weighted by atomic mass is 35.5. The van der Waals surface area contributed by atoms with Crippen LogP contribution in [0.3, 0.4) is 0 Å². The standard InChI is InChI=1S/C22H23ClN2O2/c1-14-12-22(2,3)25(4)20-11-19(23)16(10-18(14)20)13-24-17-8-6-7-15(9-17)21(26)27-5/h6-13H,1-5H3. The number of methoxy groups -OCH3 is 1. The average Bonchev–Trinajstić information content (AvgIpc) is 2.64. The molecule has 140 valence electrons. The molecule has 0 atom stereocenters. The van der Waals surface area contributed by atoms with E-state index in [9.17, 15) is 4.79 Å². The van der Waals surface area contributed by atoms with Gasteiger partial charge in [-0.1, -0.05) is 23.7 Å². The molecule has 0 fully saturated rings. The summed E-state index contributed by atoms with van der Waals surface area (Å²) in [5, 5.41) is 0.638. The molecule has 2 aromatic rings. The number of aliphatic imine (C=N–C) groups is 1. The van der Waals surface area contributed by atoms with E-state index in [4.69, 9.17) is 16.3 Å². The maximum absolute atomic E-state index is 11.7. The normalized spacial score (nSPS) is 15.5. The van der Waals surface area contributed by atoms with E-state index in [-0.39, 0.29) is 11.5 Å². The van der Waals surface area contributed by atoms with Gasteiger partial charge in [0.05, 0.1) is 28.9 Å². The fourth-order valence-corrected chi connectivity index (χ4v) is 3.47. The number of fused-ring (bicyclic) bond motifs is 1. The monoisotopic (exact) mass is 382 g/mol. The van der Waals surface area contributed by atoms with Gasteiger partial charge in [-0.25, -0.2) is 4.79 Å². The van der Waals surface area contributed by atoms with E-state index in [1.54, 1.807) is 24.4 Å². The van der Waals surface area contributed by atoms with Crippen molar-refractivity contribution >= 4 is 40.7 Å². The summed E-state index contributed by atoms with van der Waals surface area (Å²) in [5.41, 5.74) is 5.36. The van der Waals surface area contributed by atoms with Gasteiger partial charge in [0.25, 0.3) is 0 Å². The summed E-state index contributed by atoms with van der Waals surface area (Å²) in [7, 11) is 3.43.